The molecule has 0 saturated carbocycles. The second kappa shape index (κ2) is 8.10. The number of carbonyl (C=O) groups is 1. The topological polar surface area (TPSA) is 73.8 Å². The summed E-state index contributed by atoms with van der Waals surface area (Å²) in [6.45, 7) is 4.95. The van der Waals surface area contributed by atoms with Crippen LogP contribution in [0, 0.1) is 11.7 Å². The smallest absolute Gasteiger partial charge is 0.217 e. The van der Waals surface area contributed by atoms with Crippen molar-refractivity contribution >= 4 is 17.7 Å². The number of halogens is 1. The van der Waals surface area contributed by atoms with E-state index < -0.39 is 0 Å². The van der Waals surface area contributed by atoms with E-state index in [2.05, 4.69) is 24.0 Å². The summed E-state index contributed by atoms with van der Waals surface area (Å²) in [5, 5.41) is 9.10. The molecule has 0 aliphatic rings. The Morgan fingerprint density at radius 2 is 2.09 bits per heavy atom. The highest BCUT2D eigenvalue weighted by Gasteiger charge is 2.15. The number of amides is 1. The van der Waals surface area contributed by atoms with Crippen molar-refractivity contribution in [1.82, 2.24) is 14.8 Å². The molecule has 0 atom stereocenters. The maximum atomic E-state index is 13.7. The van der Waals surface area contributed by atoms with E-state index in [1.54, 1.807) is 12.1 Å². The molecule has 1 heterocycles. The highest BCUT2D eigenvalue weighted by molar-refractivity contribution is 7.98. The van der Waals surface area contributed by atoms with Gasteiger partial charge in [0.2, 0.25) is 5.91 Å². The van der Waals surface area contributed by atoms with Gasteiger partial charge < -0.3 is 10.3 Å². The molecular weight excluding hydrogens is 315 g/mol. The minimum absolute atomic E-state index is 0.219. The van der Waals surface area contributed by atoms with Crippen molar-refractivity contribution in [1.29, 1.82) is 0 Å². The molecule has 0 spiro atoms. The van der Waals surface area contributed by atoms with Crippen molar-refractivity contribution in [2.24, 2.45) is 11.7 Å². The van der Waals surface area contributed by atoms with Gasteiger partial charge in [0, 0.05) is 25.1 Å². The summed E-state index contributed by atoms with van der Waals surface area (Å²) in [6.07, 6.45) is 0.712. The molecule has 2 N–H and O–H groups in total. The number of nitrogens with zero attached hydrogens (tertiary/aromatic N) is 3. The lowest BCUT2D eigenvalue weighted by atomic mass is 10.2. The van der Waals surface area contributed by atoms with E-state index in [4.69, 9.17) is 5.73 Å². The molecule has 2 aromatic rings. The van der Waals surface area contributed by atoms with Crippen LogP contribution in [-0.2, 0) is 23.5 Å². The number of thioether (sulfide) groups is 1. The number of hydrogen-bond donors (Lipinski definition) is 1. The fraction of sp³-hybridized carbons (Fsp3) is 0.438. The number of hydrogen-bond acceptors (Lipinski definition) is 4. The van der Waals surface area contributed by atoms with Crippen LogP contribution in [0.5, 0.6) is 0 Å². The van der Waals surface area contributed by atoms with Crippen molar-refractivity contribution in [3.05, 3.63) is 41.5 Å². The Morgan fingerprint density at radius 3 is 2.74 bits per heavy atom. The molecule has 124 valence electrons. The highest BCUT2D eigenvalue weighted by atomic mass is 32.2. The molecule has 1 amide bonds. The van der Waals surface area contributed by atoms with Crippen molar-refractivity contribution in [3.8, 4) is 0 Å². The minimum atomic E-state index is -0.357. The molecule has 0 radical (unpaired) electrons. The van der Waals surface area contributed by atoms with Gasteiger partial charge in [-0.25, -0.2) is 4.39 Å². The van der Waals surface area contributed by atoms with Gasteiger partial charge in [-0.1, -0.05) is 43.8 Å². The Balaban J connectivity index is 2.13. The number of carbonyl (C=O) groups excluding carboxylic acids is 1. The number of aromatic nitrogens is 3. The van der Waals surface area contributed by atoms with Crippen LogP contribution in [0.25, 0.3) is 0 Å². The lowest BCUT2D eigenvalue weighted by molar-refractivity contribution is -0.118. The van der Waals surface area contributed by atoms with E-state index in [9.17, 15) is 9.18 Å². The van der Waals surface area contributed by atoms with Crippen LogP contribution in [0.3, 0.4) is 0 Å². The standard InChI is InChI=1S/C16H21FN4OS/c1-11(2)9-21-15(8-7-14(18)22)19-20-16(21)23-10-12-5-3-4-6-13(12)17/h3-6,11H,7-10H2,1-2H3,(H2,18,22). The van der Waals surface area contributed by atoms with Gasteiger partial charge in [-0.05, 0) is 17.5 Å². The number of primary amides is 1. The lowest BCUT2D eigenvalue weighted by Gasteiger charge is -2.12. The van der Waals surface area contributed by atoms with E-state index in [0.717, 1.165) is 17.5 Å². The molecule has 1 aromatic carbocycles. The first-order valence-corrected chi connectivity index (χ1v) is 8.52. The Morgan fingerprint density at radius 1 is 1.35 bits per heavy atom. The molecule has 23 heavy (non-hydrogen) atoms. The average Bonchev–Trinajstić information content (AvgIpc) is 2.86. The van der Waals surface area contributed by atoms with Crippen LogP contribution in [0.1, 0.15) is 31.7 Å². The van der Waals surface area contributed by atoms with Gasteiger partial charge >= 0.3 is 0 Å². The summed E-state index contributed by atoms with van der Waals surface area (Å²) >= 11 is 1.44. The molecule has 0 fully saturated rings. The molecule has 0 saturated heterocycles. The lowest BCUT2D eigenvalue weighted by Crippen LogP contribution is -2.15. The zero-order valence-electron chi connectivity index (χ0n) is 13.3. The van der Waals surface area contributed by atoms with Crippen molar-refractivity contribution in [2.75, 3.05) is 0 Å². The number of nitrogens with two attached hydrogens (primary N) is 1. The summed E-state index contributed by atoms with van der Waals surface area (Å²) in [5.74, 6) is 1.06. The van der Waals surface area contributed by atoms with Gasteiger partial charge in [-0.15, -0.1) is 10.2 Å². The maximum absolute atomic E-state index is 13.7. The number of rotatable bonds is 8. The molecule has 7 heteroatoms. The molecule has 0 aliphatic heterocycles. The van der Waals surface area contributed by atoms with E-state index in [1.165, 1.54) is 17.8 Å². The van der Waals surface area contributed by atoms with Crippen molar-refractivity contribution in [2.45, 2.75) is 44.1 Å². The highest BCUT2D eigenvalue weighted by Crippen LogP contribution is 2.24. The molecule has 0 aliphatic carbocycles. The second-order valence-electron chi connectivity index (χ2n) is 5.75. The van der Waals surface area contributed by atoms with Gasteiger partial charge in [-0.3, -0.25) is 4.79 Å². The molecular formula is C16H21FN4OS. The van der Waals surface area contributed by atoms with Crippen LogP contribution >= 0.6 is 11.8 Å². The summed E-state index contributed by atoms with van der Waals surface area (Å²) in [5.41, 5.74) is 5.84. The van der Waals surface area contributed by atoms with Gasteiger partial charge in [0.05, 0.1) is 0 Å². The average molecular weight is 336 g/mol. The zero-order chi connectivity index (χ0) is 16.8. The third kappa shape index (κ3) is 5.06. The molecule has 2 rings (SSSR count). The fourth-order valence-electron chi connectivity index (χ4n) is 2.15. The predicted octanol–water partition coefficient (Wildman–Crippen LogP) is 2.78. The summed E-state index contributed by atoms with van der Waals surface area (Å²) < 4.78 is 15.7. The molecule has 1 aromatic heterocycles. The van der Waals surface area contributed by atoms with Gasteiger partial charge in [0.1, 0.15) is 11.6 Å². The zero-order valence-corrected chi connectivity index (χ0v) is 14.1. The molecule has 0 bridgehead atoms. The first kappa shape index (κ1) is 17.5. The monoisotopic (exact) mass is 336 g/mol. The first-order chi connectivity index (χ1) is 11.0. The SMILES string of the molecule is CC(C)Cn1c(CCC(N)=O)nnc1SCc1ccccc1F. The number of benzene rings is 1. The Bertz CT molecular complexity index is 672. The minimum Gasteiger partial charge on any atom is -0.370 e. The van der Waals surface area contributed by atoms with Crippen LogP contribution < -0.4 is 5.73 Å². The van der Waals surface area contributed by atoms with Gasteiger partial charge in [-0.2, -0.15) is 0 Å². The Kier molecular flexibility index (Phi) is 6.15. The van der Waals surface area contributed by atoms with Crippen LogP contribution in [0.4, 0.5) is 4.39 Å². The third-order valence-corrected chi connectivity index (χ3v) is 4.27. The van der Waals surface area contributed by atoms with Crippen molar-refractivity contribution < 1.29 is 9.18 Å². The molecule has 0 unspecified atom stereocenters. The molecule has 5 nitrogen and oxygen atoms in total. The summed E-state index contributed by atoms with van der Waals surface area (Å²) in [7, 11) is 0. The van der Waals surface area contributed by atoms with Gasteiger partial charge in [0.25, 0.3) is 0 Å². The van der Waals surface area contributed by atoms with E-state index in [-0.39, 0.29) is 18.1 Å². The second-order valence-corrected chi connectivity index (χ2v) is 6.69. The largest absolute Gasteiger partial charge is 0.370 e. The predicted molar refractivity (Wildman–Crippen MR) is 88.3 cm³/mol. The number of aryl methyl sites for hydroxylation is 1. The maximum Gasteiger partial charge on any atom is 0.217 e. The van der Waals surface area contributed by atoms with Crippen LogP contribution in [-0.4, -0.2) is 20.7 Å². The van der Waals surface area contributed by atoms with Gasteiger partial charge in [0.15, 0.2) is 5.16 Å². The normalized spacial score (nSPS) is 11.1. The van der Waals surface area contributed by atoms with Crippen LogP contribution in [0.2, 0.25) is 0 Å². The summed E-state index contributed by atoms with van der Waals surface area (Å²) in [6, 6.07) is 6.70. The quantitative estimate of drug-likeness (QED) is 0.752. The third-order valence-electron chi connectivity index (χ3n) is 3.25. The first-order valence-electron chi connectivity index (χ1n) is 7.54. The van der Waals surface area contributed by atoms with Crippen molar-refractivity contribution in [3.63, 3.8) is 0 Å². The van der Waals surface area contributed by atoms with E-state index in [0.29, 0.717) is 23.7 Å². The Hall–Kier alpha value is -1.89. The van der Waals surface area contributed by atoms with Crippen LogP contribution in [0.15, 0.2) is 29.4 Å². The van der Waals surface area contributed by atoms with E-state index in [1.807, 2.05) is 10.6 Å². The summed E-state index contributed by atoms with van der Waals surface area (Å²) in [4.78, 5) is 11.0. The Labute approximate surface area is 139 Å². The fourth-order valence-corrected chi connectivity index (χ4v) is 3.10. The van der Waals surface area contributed by atoms with E-state index >= 15 is 0 Å².